The molecule has 2 rings (SSSR count). The standard InChI is InChI=1S/C13H13N3O2/c14-11-3-1-2-4-12(11)18-9-13(17)16-10-5-7-15-8-6-10/h1-8H,9,14H2,(H,15,16,17). The molecule has 0 atom stereocenters. The Bertz CT molecular complexity index is 529. The number of nitrogens with zero attached hydrogens (tertiary/aromatic N) is 1. The summed E-state index contributed by atoms with van der Waals surface area (Å²) in [6, 6.07) is 10.4. The van der Waals surface area contributed by atoms with Crippen LogP contribution < -0.4 is 15.8 Å². The Morgan fingerprint density at radius 2 is 1.94 bits per heavy atom. The first-order chi connectivity index (χ1) is 8.75. The van der Waals surface area contributed by atoms with Crippen molar-refractivity contribution in [2.45, 2.75) is 0 Å². The largest absolute Gasteiger partial charge is 0.482 e. The topological polar surface area (TPSA) is 77.2 Å². The van der Waals surface area contributed by atoms with Gasteiger partial charge in [0.2, 0.25) is 0 Å². The number of aromatic nitrogens is 1. The number of ether oxygens (including phenoxy) is 1. The molecular weight excluding hydrogens is 230 g/mol. The lowest BCUT2D eigenvalue weighted by Gasteiger charge is -2.08. The zero-order chi connectivity index (χ0) is 12.8. The Balaban J connectivity index is 1.88. The van der Waals surface area contributed by atoms with Gasteiger partial charge in [0.25, 0.3) is 5.91 Å². The number of nitrogen functional groups attached to an aromatic ring is 1. The molecule has 0 fully saturated rings. The number of carbonyl (C=O) groups is 1. The van der Waals surface area contributed by atoms with Crippen LogP contribution in [0, 0.1) is 0 Å². The predicted octanol–water partition coefficient (Wildman–Crippen LogP) is 1.68. The lowest BCUT2D eigenvalue weighted by molar-refractivity contribution is -0.118. The summed E-state index contributed by atoms with van der Waals surface area (Å²) in [5.41, 5.74) is 6.88. The number of hydrogen-bond donors (Lipinski definition) is 2. The van der Waals surface area contributed by atoms with Crippen LogP contribution in [-0.4, -0.2) is 17.5 Å². The number of hydrogen-bond acceptors (Lipinski definition) is 4. The van der Waals surface area contributed by atoms with E-state index in [0.717, 1.165) is 0 Å². The maximum atomic E-state index is 11.6. The molecule has 0 radical (unpaired) electrons. The van der Waals surface area contributed by atoms with Gasteiger partial charge in [-0.3, -0.25) is 9.78 Å². The third kappa shape index (κ3) is 3.21. The van der Waals surface area contributed by atoms with Crippen LogP contribution in [0.25, 0.3) is 0 Å². The number of amides is 1. The second-order valence-electron chi connectivity index (χ2n) is 3.61. The van der Waals surface area contributed by atoms with Gasteiger partial charge >= 0.3 is 0 Å². The van der Waals surface area contributed by atoms with Crippen molar-refractivity contribution < 1.29 is 9.53 Å². The van der Waals surface area contributed by atoms with Crippen molar-refractivity contribution in [3.8, 4) is 5.75 Å². The molecule has 0 spiro atoms. The average Bonchev–Trinajstić information content (AvgIpc) is 2.39. The fourth-order valence-corrected chi connectivity index (χ4v) is 1.39. The molecule has 1 amide bonds. The molecule has 0 saturated carbocycles. The summed E-state index contributed by atoms with van der Waals surface area (Å²) < 4.78 is 5.32. The molecule has 0 aliphatic carbocycles. The van der Waals surface area contributed by atoms with Crippen LogP contribution in [0.5, 0.6) is 5.75 Å². The highest BCUT2D eigenvalue weighted by atomic mass is 16.5. The fraction of sp³-hybridized carbons (Fsp3) is 0.0769. The molecule has 3 N–H and O–H groups in total. The van der Waals surface area contributed by atoms with Crippen molar-refractivity contribution in [3.63, 3.8) is 0 Å². The number of carbonyl (C=O) groups excluding carboxylic acids is 1. The second-order valence-corrected chi connectivity index (χ2v) is 3.61. The number of benzene rings is 1. The van der Waals surface area contributed by atoms with E-state index >= 15 is 0 Å². The molecule has 5 heteroatoms. The summed E-state index contributed by atoms with van der Waals surface area (Å²) in [5.74, 6) is 0.256. The molecular formula is C13H13N3O2. The summed E-state index contributed by atoms with van der Waals surface area (Å²) in [5, 5.41) is 2.69. The lowest BCUT2D eigenvalue weighted by Crippen LogP contribution is -2.20. The minimum atomic E-state index is -0.246. The van der Waals surface area contributed by atoms with Crippen LogP contribution in [0.3, 0.4) is 0 Å². The summed E-state index contributed by atoms with van der Waals surface area (Å²) in [6.07, 6.45) is 3.21. The Kier molecular flexibility index (Phi) is 3.76. The predicted molar refractivity (Wildman–Crippen MR) is 69.2 cm³/mol. The van der Waals surface area contributed by atoms with Gasteiger partial charge < -0.3 is 15.8 Å². The molecule has 0 bridgehead atoms. The number of para-hydroxylation sites is 2. The van der Waals surface area contributed by atoms with Gasteiger partial charge in [0.15, 0.2) is 6.61 Å². The van der Waals surface area contributed by atoms with Gasteiger partial charge in [0, 0.05) is 18.1 Å². The Morgan fingerprint density at radius 1 is 1.22 bits per heavy atom. The molecule has 92 valence electrons. The summed E-state index contributed by atoms with van der Waals surface area (Å²) in [4.78, 5) is 15.5. The van der Waals surface area contributed by atoms with Crippen LogP contribution in [0.4, 0.5) is 11.4 Å². The average molecular weight is 243 g/mol. The summed E-state index contributed by atoms with van der Waals surface area (Å²) in [7, 11) is 0. The van der Waals surface area contributed by atoms with E-state index in [0.29, 0.717) is 17.1 Å². The molecule has 5 nitrogen and oxygen atoms in total. The number of anilines is 2. The molecule has 0 aliphatic heterocycles. The number of nitrogens with two attached hydrogens (primary N) is 1. The Labute approximate surface area is 105 Å². The number of rotatable bonds is 4. The van der Waals surface area contributed by atoms with Crippen molar-refractivity contribution in [2.24, 2.45) is 0 Å². The quantitative estimate of drug-likeness (QED) is 0.801. The third-order valence-corrected chi connectivity index (χ3v) is 2.24. The highest BCUT2D eigenvalue weighted by Crippen LogP contribution is 2.19. The maximum Gasteiger partial charge on any atom is 0.262 e. The molecule has 0 saturated heterocycles. The SMILES string of the molecule is Nc1ccccc1OCC(=O)Nc1ccncc1. The van der Waals surface area contributed by atoms with Crippen LogP contribution >= 0.6 is 0 Å². The first kappa shape index (κ1) is 11.9. The molecule has 18 heavy (non-hydrogen) atoms. The second kappa shape index (κ2) is 5.67. The van der Waals surface area contributed by atoms with E-state index in [1.165, 1.54) is 0 Å². The minimum Gasteiger partial charge on any atom is -0.482 e. The van der Waals surface area contributed by atoms with Gasteiger partial charge in [0.1, 0.15) is 5.75 Å². The molecule has 2 aromatic rings. The van der Waals surface area contributed by atoms with Crippen molar-refractivity contribution in [2.75, 3.05) is 17.7 Å². The lowest BCUT2D eigenvalue weighted by atomic mass is 10.3. The van der Waals surface area contributed by atoms with Crippen LogP contribution in [0.1, 0.15) is 0 Å². The van der Waals surface area contributed by atoms with Crippen LogP contribution in [-0.2, 0) is 4.79 Å². The zero-order valence-electron chi connectivity index (χ0n) is 9.67. The van der Waals surface area contributed by atoms with E-state index in [2.05, 4.69) is 10.3 Å². The first-order valence-electron chi connectivity index (χ1n) is 5.43. The van der Waals surface area contributed by atoms with Crippen molar-refractivity contribution >= 4 is 17.3 Å². The molecule has 0 aliphatic rings. The Hall–Kier alpha value is -2.56. The highest BCUT2D eigenvalue weighted by Gasteiger charge is 2.04. The monoisotopic (exact) mass is 243 g/mol. The zero-order valence-corrected chi connectivity index (χ0v) is 9.67. The third-order valence-electron chi connectivity index (χ3n) is 2.24. The van der Waals surface area contributed by atoms with Crippen molar-refractivity contribution in [1.82, 2.24) is 4.98 Å². The maximum absolute atomic E-state index is 11.6. The molecule has 0 unspecified atom stereocenters. The van der Waals surface area contributed by atoms with Gasteiger partial charge in [0.05, 0.1) is 5.69 Å². The number of pyridine rings is 1. The first-order valence-corrected chi connectivity index (χ1v) is 5.43. The van der Waals surface area contributed by atoms with Gasteiger partial charge in [-0.15, -0.1) is 0 Å². The molecule has 1 aromatic heterocycles. The van der Waals surface area contributed by atoms with Gasteiger partial charge in [-0.1, -0.05) is 12.1 Å². The summed E-state index contributed by atoms with van der Waals surface area (Å²) >= 11 is 0. The van der Waals surface area contributed by atoms with Gasteiger partial charge in [-0.2, -0.15) is 0 Å². The highest BCUT2D eigenvalue weighted by molar-refractivity contribution is 5.91. The van der Waals surface area contributed by atoms with Crippen molar-refractivity contribution in [3.05, 3.63) is 48.8 Å². The van der Waals surface area contributed by atoms with Gasteiger partial charge in [-0.25, -0.2) is 0 Å². The van der Waals surface area contributed by atoms with E-state index in [9.17, 15) is 4.79 Å². The van der Waals surface area contributed by atoms with Crippen molar-refractivity contribution in [1.29, 1.82) is 0 Å². The number of nitrogens with one attached hydrogen (secondary N) is 1. The smallest absolute Gasteiger partial charge is 0.262 e. The fourth-order valence-electron chi connectivity index (χ4n) is 1.39. The summed E-state index contributed by atoms with van der Waals surface area (Å²) in [6.45, 7) is -0.0868. The van der Waals surface area contributed by atoms with E-state index in [1.54, 1.807) is 48.8 Å². The van der Waals surface area contributed by atoms with E-state index in [4.69, 9.17) is 10.5 Å². The normalized spacial score (nSPS) is 9.78. The van der Waals surface area contributed by atoms with E-state index in [-0.39, 0.29) is 12.5 Å². The van der Waals surface area contributed by atoms with Crippen LogP contribution in [0.15, 0.2) is 48.8 Å². The van der Waals surface area contributed by atoms with E-state index in [1.807, 2.05) is 0 Å². The minimum absolute atomic E-state index is 0.0868. The van der Waals surface area contributed by atoms with Gasteiger partial charge in [-0.05, 0) is 24.3 Å². The Morgan fingerprint density at radius 3 is 2.67 bits per heavy atom. The van der Waals surface area contributed by atoms with E-state index < -0.39 is 0 Å². The molecule has 1 aromatic carbocycles. The molecule has 1 heterocycles. The van der Waals surface area contributed by atoms with Crippen LogP contribution in [0.2, 0.25) is 0 Å².